The number of nitrogens with zero attached hydrogens (tertiary/aromatic N) is 1. The molecule has 1 aromatic heterocycles. The van der Waals surface area contributed by atoms with Gasteiger partial charge in [0.25, 0.3) is 0 Å². The Morgan fingerprint density at radius 3 is 2.44 bits per heavy atom. The monoisotopic (exact) mass is 480 g/mol. The van der Waals surface area contributed by atoms with Crippen molar-refractivity contribution in [3.8, 4) is 5.75 Å². The van der Waals surface area contributed by atoms with Gasteiger partial charge in [0.1, 0.15) is 17.3 Å². The molecule has 1 unspecified atom stereocenters. The Kier molecular flexibility index (Phi) is 6.75. The normalized spacial score (nSPS) is 14.0. The molecule has 3 N–H and O–H groups in total. The summed E-state index contributed by atoms with van der Waals surface area (Å²) in [5.41, 5.74) is -4.02. The van der Waals surface area contributed by atoms with E-state index >= 15 is 0 Å². The number of benzene rings is 2. The van der Waals surface area contributed by atoms with Gasteiger partial charge in [-0.3, -0.25) is 0 Å². The van der Waals surface area contributed by atoms with Crippen LogP contribution in [0.2, 0.25) is 0 Å². The van der Waals surface area contributed by atoms with Crippen LogP contribution in [0.1, 0.15) is 36.3 Å². The minimum absolute atomic E-state index is 0.188. The first-order valence-corrected chi connectivity index (χ1v) is 10.3. The zero-order valence-corrected chi connectivity index (χ0v) is 18.7. The summed E-state index contributed by atoms with van der Waals surface area (Å²) >= 11 is 0. The number of fused-ring (bicyclic) bond motifs is 1. The molecule has 0 aliphatic rings. The second-order valence-electron chi connectivity index (χ2n) is 8.66. The highest BCUT2D eigenvalue weighted by Gasteiger charge is 2.56. The van der Waals surface area contributed by atoms with E-state index in [1.807, 2.05) is 0 Å². The summed E-state index contributed by atoms with van der Waals surface area (Å²) in [5.74, 6) is -1.67. The van der Waals surface area contributed by atoms with Crippen molar-refractivity contribution in [3.63, 3.8) is 0 Å². The molecule has 0 aliphatic heterocycles. The van der Waals surface area contributed by atoms with Gasteiger partial charge in [-0.1, -0.05) is 19.9 Å². The lowest BCUT2D eigenvalue weighted by atomic mass is 9.74. The fraction of sp³-hybridized carbons (Fsp3) is 0.333. The summed E-state index contributed by atoms with van der Waals surface area (Å²) < 4.78 is 61.4. The van der Waals surface area contributed by atoms with Crippen molar-refractivity contribution < 1.29 is 37.3 Å². The lowest BCUT2D eigenvalue weighted by Gasteiger charge is -2.38. The Labute approximate surface area is 193 Å². The number of alkyl halides is 3. The molecule has 0 aliphatic carbocycles. The first-order valence-electron chi connectivity index (χ1n) is 10.3. The van der Waals surface area contributed by atoms with Gasteiger partial charge < -0.3 is 20.3 Å². The van der Waals surface area contributed by atoms with Crippen molar-refractivity contribution in [2.75, 3.05) is 19.0 Å². The Bertz CT molecular complexity index is 1210. The molecule has 1 heterocycles. The average Bonchev–Trinajstić information content (AvgIpc) is 2.76. The number of rotatable bonds is 8. The molecule has 2 aromatic carbocycles. The van der Waals surface area contributed by atoms with Gasteiger partial charge in [-0.05, 0) is 54.3 Å². The van der Waals surface area contributed by atoms with Gasteiger partial charge in [0.2, 0.25) is 0 Å². The van der Waals surface area contributed by atoms with Crippen molar-refractivity contribution in [1.29, 1.82) is 0 Å². The van der Waals surface area contributed by atoms with Crippen LogP contribution in [0.25, 0.3) is 10.9 Å². The van der Waals surface area contributed by atoms with E-state index in [1.54, 1.807) is 0 Å². The molecule has 3 rings (SSSR count). The largest absolute Gasteiger partial charge is 0.496 e. The van der Waals surface area contributed by atoms with Crippen molar-refractivity contribution in [2.45, 2.75) is 37.5 Å². The number of methoxy groups -OCH3 is 1. The Hall–Kier alpha value is -3.40. The Morgan fingerprint density at radius 1 is 1.12 bits per heavy atom. The second-order valence-corrected chi connectivity index (χ2v) is 8.66. The summed E-state index contributed by atoms with van der Waals surface area (Å²) in [6.07, 6.45) is -5.81. The molecule has 6 nitrogen and oxygen atoms in total. The van der Waals surface area contributed by atoms with E-state index in [4.69, 9.17) is 9.84 Å². The van der Waals surface area contributed by atoms with Crippen LogP contribution in [0.3, 0.4) is 0 Å². The van der Waals surface area contributed by atoms with E-state index in [0.29, 0.717) is 5.39 Å². The summed E-state index contributed by atoms with van der Waals surface area (Å²) in [5, 5.41) is 22.9. The molecule has 10 heteroatoms. The van der Waals surface area contributed by atoms with Crippen LogP contribution in [0.4, 0.5) is 23.2 Å². The first-order chi connectivity index (χ1) is 15.8. The third kappa shape index (κ3) is 5.06. The number of hydrogen-bond donors (Lipinski definition) is 3. The van der Waals surface area contributed by atoms with Crippen molar-refractivity contribution in [1.82, 2.24) is 4.98 Å². The summed E-state index contributed by atoms with van der Waals surface area (Å²) in [4.78, 5) is 15.1. The third-order valence-electron chi connectivity index (χ3n) is 5.67. The first kappa shape index (κ1) is 25.2. The summed E-state index contributed by atoms with van der Waals surface area (Å²) in [6, 6.07) is 10.8. The Morgan fingerprint density at radius 2 is 1.82 bits per heavy atom. The van der Waals surface area contributed by atoms with Crippen LogP contribution in [-0.4, -0.2) is 46.6 Å². The predicted octanol–water partition coefficient (Wildman–Crippen LogP) is 5.15. The van der Waals surface area contributed by atoms with Gasteiger partial charge in [0.15, 0.2) is 5.60 Å². The molecule has 0 saturated heterocycles. The maximum absolute atomic E-state index is 14.1. The van der Waals surface area contributed by atoms with Gasteiger partial charge in [-0.25, -0.2) is 14.2 Å². The van der Waals surface area contributed by atoms with Gasteiger partial charge in [0.05, 0.1) is 19.2 Å². The highest BCUT2D eigenvalue weighted by molar-refractivity contribution is 5.95. The molecule has 0 bridgehead atoms. The molecule has 1 atom stereocenters. The zero-order chi connectivity index (χ0) is 25.3. The lowest BCUT2D eigenvalue weighted by Crippen LogP contribution is -2.53. The fourth-order valence-electron chi connectivity index (χ4n) is 3.97. The Balaban J connectivity index is 1.94. The zero-order valence-electron chi connectivity index (χ0n) is 18.7. The van der Waals surface area contributed by atoms with Gasteiger partial charge in [-0.15, -0.1) is 0 Å². The average molecular weight is 480 g/mol. The second kappa shape index (κ2) is 9.09. The number of hydrogen-bond acceptors (Lipinski definition) is 5. The number of aromatic nitrogens is 1. The highest BCUT2D eigenvalue weighted by Crippen LogP contribution is 2.44. The number of aromatic carboxylic acids is 1. The molecule has 0 saturated carbocycles. The topological polar surface area (TPSA) is 91.7 Å². The lowest BCUT2D eigenvalue weighted by molar-refractivity contribution is -0.260. The highest BCUT2D eigenvalue weighted by atomic mass is 19.4. The van der Waals surface area contributed by atoms with Crippen LogP contribution < -0.4 is 10.1 Å². The molecule has 0 fully saturated rings. The molecule has 0 amide bonds. The molecule has 34 heavy (non-hydrogen) atoms. The number of pyridine rings is 1. The van der Waals surface area contributed by atoms with Crippen LogP contribution in [0.15, 0.2) is 48.5 Å². The molecular formula is C24H24F4N2O4. The number of carboxylic acids is 1. The van der Waals surface area contributed by atoms with E-state index in [2.05, 4.69) is 10.3 Å². The molecular weight excluding hydrogens is 456 g/mol. The number of aliphatic hydroxyl groups is 1. The molecule has 3 aromatic rings. The van der Waals surface area contributed by atoms with Crippen LogP contribution >= 0.6 is 0 Å². The smallest absolute Gasteiger partial charge is 0.418 e. The number of carbonyl (C=O) groups is 1. The molecule has 182 valence electrons. The number of halogens is 4. The SMILES string of the molecule is COc1ccc(F)cc1C(C)(C)CC(O)(CNc1cccc2nc(C(=O)O)ccc12)C(F)(F)F. The van der Waals surface area contributed by atoms with E-state index in [9.17, 15) is 27.5 Å². The van der Waals surface area contributed by atoms with E-state index in [0.717, 1.165) is 12.1 Å². The minimum atomic E-state index is -5.02. The predicted molar refractivity (Wildman–Crippen MR) is 119 cm³/mol. The van der Waals surface area contributed by atoms with Gasteiger partial charge >= 0.3 is 12.1 Å². The number of anilines is 1. The maximum atomic E-state index is 14.1. The third-order valence-corrected chi connectivity index (χ3v) is 5.67. The minimum Gasteiger partial charge on any atom is -0.496 e. The van der Waals surface area contributed by atoms with Crippen molar-refractivity contribution >= 4 is 22.6 Å². The van der Waals surface area contributed by atoms with E-state index in [1.165, 1.54) is 57.4 Å². The summed E-state index contributed by atoms with van der Waals surface area (Å²) in [6.45, 7) is 2.03. The van der Waals surface area contributed by atoms with Crippen molar-refractivity contribution in [2.24, 2.45) is 0 Å². The van der Waals surface area contributed by atoms with Crippen LogP contribution in [-0.2, 0) is 5.41 Å². The quantitative estimate of drug-likeness (QED) is 0.386. The fourth-order valence-corrected chi connectivity index (χ4v) is 3.97. The molecule has 0 spiro atoms. The molecule has 0 radical (unpaired) electrons. The number of carboxylic acid groups (broad SMARTS) is 1. The van der Waals surface area contributed by atoms with Gasteiger partial charge in [0, 0.05) is 16.6 Å². The standard InChI is InChI=1S/C24H24F4N2O4/c1-22(2,16-11-14(25)7-10-20(16)34-3)12-23(33,24(26,27)28)13-29-17-5-4-6-18-15(17)8-9-19(30-18)21(31)32/h4-11,29,33H,12-13H2,1-3H3,(H,31,32). The van der Waals surface area contributed by atoms with E-state index in [-0.39, 0.29) is 28.2 Å². The van der Waals surface area contributed by atoms with E-state index < -0.39 is 41.9 Å². The van der Waals surface area contributed by atoms with Crippen LogP contribution in [0, 0.1) is 5.82 Å². The summed E-state index contributed by atoms with van der Waals surface area (Å²) in [7, 11) is 1.33. The maximum Gasteiger partial charge on any atom is 0.418 e. The van der Waals surface area contributed by atoms with Gasteiger partial charge in [-0.2, -0.15) is 13.2 Å². The van der Waals surface area contributed by atoms with Crippen LogP contribution in [0.5, 0.6) is 5.75 Å². The van der Waals surface area contributed by atoms with Crippen molar-refractivity contribution in [3.05, 3.63) is 65.6 Å². The number of nitrogens with one attached hydrogen (secondary N) is 1. The number of ether oxygens (including phenoxy) is 1.